The molecule has 2 amide bonds. The first-order valence-corrected chi connectivity index (χ1v) is 10.5. The largest absolute Gasteiger partial charge is 0.348 e. The molecule has 8 nitrogen and oxygen atoms in total. The average Bonchev–Trinajstić information content (AvgIpc) is 3.48. The lowest BCUT2D eigenvalue weighted by Crippen LogP contribution is -2.41. The van der Waals surface area contributed by atoms with E-state index in [4.69, 9.17) is 0 Å². The van der Waals surface area contributed by atoms with E-state index in [-0.39, 0.29) is 29.7 Å². The van der Waals surface area contributed by atoms with Crippen LogP contribution in [-0.4, -0.2) is 55.6 Å². The van der Waals surface area contributed by atoms with Gasteiger partial charge in [-0.3, -0.25) is 14.3 Å². The van der Waals surface area contributed by atoms with E-state index in [9.17, 15) is 9.59 Å². The van der Waals surface area contributed by atoms with E-state index >= 15 is 0 Å². The second-order valence-electron chi connectivity index (χ2n) is 8.34. The van der Waals surface area contributed by atoms with E-state index < -0.39 is 0 Å². The highest BCUT2D eigenvalue weighted by Gasteiger charge is 2.39. The summed E-state index contributed by atoms with van der Waals surface area (Å²) in [6.45, 7) is 4.80. The zero-order valence-electron chi connectivity index (χ0n) is 18.1. The summed E-state index contributed by atoms with van der Waals surface area (Å²) in [5.41, 5.74) is 3.26. The standard InChI is InChI=1S/C23H28N6O2/c1-15(9-17-7-5-4-6-8-17)23(31)29-12-19(18-10-26-28(3)11-18)20(13-29)27-22(30)21-16(2)24-14-25-21/h4-8,10-11,14-15,19-20H,9,12-13H2,1-3H3,(H,24,25)(H,27,30)/t15-,19+,20-/m1/s1. The lowest BCUT2D eigenvalue weighted by atomic mass is 9.97. The summed E-state index contributed by atoms with van der Waals surface area (Å²) in [6, 6.07) is 9.83. The number of H-pyrrole nitrogens is 1. The Hall–Kier alpha value is -3.42. The Morgan fingerprint density at radius 1 is 1.26 bits per heavy atom. The quantitative estimate of drug-likeness (QED) is 0.638. The monoisotopic (exact) mass is 420 g/mol. The SMILES string of the molecule is Cc1[nH]cnc1C(=O)N[C@@H]1CN(C(=O)[C@H](C)Cc2ccccc2)C[C@H]1c1cnn(C)c1. The van der Waals surface area contributed by atoms with Crippen molar-refractivity contribution in [1.82, 2.24) is 30.0 Å². The van der Waals surface area contributed by atoms with Crippen LogP contribution in [0.15, 0.2) is 49.1 Å². The molecule has 4 rings (SSSR count). The van der Waals surface area contributed by atoms with Crippen LogP contribution in [0.5, 0.6) is 0 Å². The van der Waals surface area contributed by atoms with E-state index in [2.05, 4.69) is 20.4 Å². The first-order valence-electron chi connectivity index (χ1n) is 10.5. The van der Waals surface area contributed by atoms with Crippen LogP contribution in [0.2, 0.25) is 0 Å². The molecule has 2 N–H and O–H groups in total. The number of rotatable bonds is 6. The van der Waals surface area contributed by atoms with E-state index in [1.165, 1.54) is 6.33 Å². The number of imidazole rings is 1. The number of nitrogens with zero attached hydrogens (tertiary/aromatic N) is 4. The first kappa shape index (κ1) is 20.8. The summed E-state index contributed by atoms with van der Waals surface area (Å²) < 4.78 is 1.74. The maximum atomic E-state index is 13.2. The van der Waals surface area contributed by atoms with Gasteiger partial charge in [-0.2, -0.15) is 5.10 Å². The lowest BCUT2D eigenvalue weighted by Gasteiger charge is -2.21. The van der Waals surface area contributed by atoms with Gasteiger partial charge in [0, 0.05) is 43.9 Å². The van der Waals surface area contributed by atoms with Crippen LogP contribution in [-0.2, 0) is 18.3 Å². The third kappa shape index (κ3) is 4.52. The van der Waals surface area contributed by atoms with E-state index in [0.717, 1.165) is 16.8 Å². The summed E-state index contributed by atoms with van der Waals surface area (Å²) in [4.78, 5) is 34.9. The Balaban J connectivity index is 1.50. The number of aromatic amines is 1. The number of carbonyl (C=O) groups excluding carboxylic acids is 2. The minimum Gasteiger partial charge on any atom is -0.348 e. The molecule has 162 valence electrons. The van der Waals surface area contributed by atoms with E-state index in [1.807, 2.05) is 68.5 Å². The van der Waals surface area contributed by atoms with Crippen LogP contribution in [0.1, 0.15) is 40.2 Å². The molecule has 2 aromatic heterocycles. The molecule has 3 aromatic rings. The molecule has 1 fully saturated rings. The van der Waals surface area contributed by atoms with Gasteiger partial charge in [-0.05, 0) is 24.5 Å². The minimum atomic E-state index is -0.232. The minimum absolute atomic E-state index is 0.0234. The third-order valence-electron chi connectivity index (χ3n) is 5.95. The summed E-state index contributed by atoms with van der Waals surface area (Å²) in [5.74, 6) is -0.292. The summed E-state index contributed by atoms with van der Waals surface area (Å²) >= 11 is 0. The number of carbonyl (C=O) groups is 2. The number of nitrogens with one attached hydrogen (secondary N) is 2. The Bertz CT molecular complexity index is 1060. The number of benzene rings is 1. The molecule has 3 heterocycles. The highest BCUT2D eigenvalue weighted by Crippen LogP contribution is 2.29. The number of aryl methyl sites for hydroxylation is 2. The molecule has 0 spiro atoms. The normalized spacial score (nSPS) is 19.4. The lowest BCUT2D eigenvalue weighted by molar-refractivity contribution is -0.134. The van der Waals surface area contributed by atoms with Crippen molar-refractivity contribution in [3.63, 3.8) is 0 Å². The van der Waals surface area contributed by atoms with Crippen molar-refractivity contribution >= 4 is 11.8 Å². The zero-order valence-corrected chi connectivity index (χ0v) is 18.1. The Kier molecular flexibility index (Phi) is 5.88. The van der Waals surface area contributed by atoms with Crippen molar-refractivity contribution in [2.24, 2.45) is 13.0 Å². The Morgan fingerprint density at radius 2 is 2.03 bits per heavy atom. The molecule has 0 saturated carbocycles. The fourth-order valence-electron chi connectivity index (χ4n) is 4.29. The maximum absolute atomic E-state index is 13.2. The molecule has 1 aliphatic heterocycles. The highest BCUT2D eigenvalue weighted by molar-refractivity contribution is 5.93. The van der Waals surface area contributed by atoms with Gasteiger partial charge >= 0.3 is 0 Å². The van der Waals surface area contributed by atoms with Gasteiger partial charge in [-0.15, -0.1) is 0 Å². The predicted molar refractivity (Wildman–Crippen MR) is 116 cm³/mol. The van der Waals surface area contributed by atoms with Crippen molar-refractivity contribution in [1.29, 1.82) is 0 Å². The second kappa shape index (κ2) is 8.75. The molecule has 0 unspecified atom stereocenters. The number of hydrogen-bond donors (Lipinski definition) is 2. The van der Waals surface area contributed by atoms with Gasteiger partial charge in [0.05, 0.1) is 18.6 Å². The summed E-state index contributed by atoms with van der Waals surface area (Å²) in [7, 11) is 1.87. The molecule has 0 aliphatic carbocycles. The number of hydrogen-bond acceptors (Lipinski definition) is 4. The second-order valence-corrected chi connectivity index (χ2v) is 8.34. The topological polar surface area (TPSA) is 95.9 Å². The maximum Gasteiger partial charge on any atom is 0.272 e. The van der Waals surface area contributed by atoms with Crippen molar-refractivity contribution in [2.45, 2.75) is 32.2 Å². The number of likely N-dealkylation sites (tertiary alicyclic amines) is 1. The van der Waals surface area contributed by atoms with E-state index in [1.54, 1.807) is 4.68 Å². The zero-order chi connectivity index (χ0) is 22.0. The molecule has 8 heteroatoms. The van der Waals surface area contributed by atoms with Crippen LogP contribution in [0.25, 0.3) is 0 Å². The third-order valence-corrected chi connectivity index (χ3v) is 5.95. The molecular weight excluding hydrogens is 392 g/mol. The van der Waals surface area contributed by atoms with Gasteiger partial charge in [0.25, 0.3) is 5.91 Å². The number of amides is 2. The Morgan fingerprint density at radius 3 is 2.68 bits per heavy atom. The van der Waals surface area contributed by atoms with Gasteiger partial charge in [-0.1, -0.05) is 37.3 Å². The van der Waals surface area contributed by atoms with Crippen molar-refractivity contribution in [2.75, 3.05) is 13.1 Å². The molecule has 31 heavy (non-hydrogen) atoms. The fraction of sp³-hybridized carbons (Fsp3) is 0.391. The fourth-order valence-corrected chi connectivity index (χ4v) is 4.29. The van der Waals surface area contributed by atoms with Crippen LogP contribution in [0, 0.1) is 12.8 Å². The van der Waals surface area contributed by atoms with Crippen LogP contribution in [0.4, 0.5) is 0 Å². The smallest absolute Gasteiger partial charge is 0.272 e. The van der Waals surface area contributed by atoms with Crippen LogP contribution < -0.4 is 5.32 Å². The van der Waals surface area contributed by atoms with Gasteiger partial charge < -0.3 is 15.2 Å². The predicted octanol–water partition coefficient (Wildman–Crippen LogP) is 2.05. The van der Waals surface area contributed by atoms with Crippen molar-refractivity contribution < 1.29 is 9.59 Å². The summed E-state index contributed by atoms with van der Waals surface area (Å²) in [5, 5.41) is 7.38. The summed E-state index contributed by atoms with van der Waals surface area (Å²) in [6.07, 6.45) is 5.96. The molecular formula is C23H28N6O2. The van der Waals surface area contributed by atoms with E-state index in [0.29, 0.717) is 25.2 Å². The van der Waals surface area contributed by atoms with Crippen LogP contribution >= 0.6 is 0 Å². The molecule has 0 radical (unpaired) electrons. The van der Waals surface area contributed by atoms with Crippen molar-refractivity contribution in [3.05, 3.63) is 71.6 Å². The van der Waals surface area contributed by atoms with Gasteiger partial charge in [-0.25, -0.2) is 4.98 Å². The van der Waals surface area contributed by atoms with Gasteiger partial charge in [0.1, 0.15) is 5.69 Å². The van der Waals surface area contributed by atoms with Crippen LogP contribution in [0.3, 0.4) is 0 Å². The number of aromatic nitrogens is 4. The highest BCUT2D eigenvalue weighted by atomic mass is 16.2. The van der Waals surface area contributed by atoms with Crippen molar-refractivity contribution in [3.8, 4) is 0 Å². The first-order chi connectivity index (χ1) is 14.9. The molecule has 1 aliphatic rings. The van der Waals surface area contributed by atoms with Gasteiger partial charge in [0.15, 0.2) is 0 Å². The average molecular weight is 421 g/mol. The van der Waals surface area contributed by atoms with Gasteiger partial charge in [0.2, 0.25) is 5.91 Å². The molecule has 3 atom stereocenters. The molecule has 1 aromatic carbocycles. The molecule has 0 bridgehead atoms. The molecule has 1 saturated heterocycles. The Labute approximate surface area is 181 Å².